The SMILES string of the molecule is O=C(NC[C@H]1CCCO1)c1ccc(Cl)c(S(=O)(=O)N2CCCC2)c1. The van der Waals surface area contributed by atoms with Crippen molar-refractivity contribution in [2.75, 3.05) is 26.2 Å². The van der Waals surface area contributed by atoms with Gasteiger partial charge in [-0.2, -0.15) is 4.31 Å². The van der Waals surface area contributed by atoms with Gasteiger partial charge in [-0.25, -0.2) is 8.42 Å². The summed E-state index contributed by atoms with van der Waals surface area (Å²) in [6.07, 6.45) is 3.65. The van der Waals surface area contributed by atoms with Crippen LogP contribution in [0.3, 0.4) is 0 Å². The van der Waals surface area contributed by atoms with Gasteiger partial charge in [0.1, 0.15) is 4.90 Å². The van der Waals surface area contributed by atoms with Crippen molar-refractivity contribution in [2.24, 2.45) is 0 Å². The van der Waals surface area contributed by atoms with E-state index < -0.39 is 10.0 Å². The molecular weight excluding hydrogens is 352 g/mol. The lowest BCUT2D eigenvalue weighted by Crippen LogP contribution is -2.32. The van der Waals surface area contributed by atoms with Crippen molar-refractivity contribution in [3.63, 3.8) is 0 Å². The lowest BCUT2D eigenvalue weighted by molar-refractivity contribution is 0.0857. The average molecular weight is 373 g/mol. The summed E-state index contributed by atoms with van der Waals surface area (Å²) in [5, 5.41) is 2.93. The normalized spacial score (nSPS) is 22.0. The molecule has 1 aromatic carbocycles. The molecule has 132 valence electrons. The molecule has 1 atom stereocenters. The van der Waals surface area contributed by atoms with Gasteiger partial charge in [-0.1, -0.05) is 11.6 Å². The van der Waals surface area contributed by atoms with Gasteiger partial charge in [0.25, 0.3) is 5.91 Å². The van der Waals surface area contributed by atoms with Crippen LogP contribution in [-0.2, 0) is 14.8 Å². The second kappa shape index (κ2) is 7.39. The van der Waals surface area contributed by atoms with Crippen molar-refractivity contribution in [3.05, 3.63) is 28.8 Å². The highest BCUT2D eigenvalue weighted by Gasteiger charge is 2.29. The highest BCUT2D eigenvalue weighted by Crippen LogP contribution is 2.28. The number of hydrogen-bond acceptors (Lipinski definition) is 4. The van der Waals surface area contributed by atoms with Gasteiger partial charge in [-0.15, -0.1) is 0 Å². The van der Waals surface area contributed by atoms with Crippen LogP contribution in [0.25, 0.3) is 0 Å². The molecule has 1 aromatic rings. The Morgan fingerprint density at radius 3 is 2.71 bits per heavy atom. The smallest absolute Gasteiger partial charge is 0.251 e. The average Bonchev–Trinajstić information content (AvgIpc) is 3.26. The van der Waals surface area contributed by atoms with Gasteiger partial charge >= 0.3 is 0 Å². The van der Waals surface area contributed by atoms with Gasteiger partial charge in [0, 0.05) is 31.8 Å². The third kappa shape index (κ3) is 3.74. The van der Waals surface area contributed by atoms with E-state index in [0.29, 0.717) is 19.6 Å². The molecule has 2 heterocycles. The van der Waals surface area contributed by atoms with Gasteiger partial charge in [0.15, 0.2) is 0 Å². The van der Waals surface area contributed by atoms with Crippen LogP contribution in [0, 0.1) is 0 Å². The molecule has 0 aromatic heterocycles. The summed E-state index contributed by atoms with van der Waals surface area (Å²) < 4.78 is 32.3. The zero-order valence-electron chi connectivity index (χ0n) is 13.3. The summed E-state index contributed by atoms with van der Waals surface area (Å²) >= 11 is 6.09. The summed E-state index contributed by atoms with van der Waals surface area (Å²) in [6.45, 7) is 2.14. The van der Waals surface area contributed by atoms with Crippen LogP contribution in [0.1, 0.15) is 36.0 Å². The first-order chi connectivity index (χ1) is 11.5. The Morgan fingerprint density at radius 1 is 1.29 bits per heavy atom. The summed E-state index contributed by atoms with van der Waals surface area (Å²) in [4.78, 5) is 12.3. The molecule has 0 spiro atoms. The first-order valence-electron chi connectivity index (χ1n) is 8.18. The second-order valence-corrected chi connectivity index (χ2v) is 8.42. The van der Waals surface area contributed by atoms with E-state index in [9.17, 15) is 13.2 Å². The van der Waals surface area contributed by atoms with Crippen LogP contribution >= 0.6 is 11.6 Å². The molecule has 24 heavy (non-hydrogen) atoms. The lowest BCUT2D eigenvalue weighted by atomic mass is 10.2. The molecule has 8 heteroatoms. The molecule has 2 aliphatic rings. The van der Waals surface area contributed by atoms with Crippen molar-refractivity contribution < 1.29 is 17.9 Å². The van der Waals surface area contributed by atoms with Gasteiger partial charge in [-0.3, -0.25) is 4.79 Å². The van der Waals surface area contributed by atoms with Crippen LogP contribution in [0.4, 0.5) is 0 Å². The summed E-state index contributed by atoms with van der Waals surface area (Å²) in [7, 11) is -3.66. The number of rotatable bonds is 5. The molecule has 6 nitrogen and oxygen atoms in total. The van der Waals surface area contributed by atoms with E-state index in [1.807, 2.05) is 0 Å². The Kier molecular flexibility index (Phi) is 5.44. The maximum Gasteiger partial charge on any atom is 0.251 e. The Bertz CT molecular complexity index is 711. The summed E-state index contributed by atoms with van der Waals surface area (Å²) in [6, 6.07) is 4.36. The molecule has 2 saturated heterocycles. The number of halogens is 1. The number of benzene rings is 1. The Labute approximate surface area is 147 Å². The van der Waals surface area contributed by atoms with Crippen molar-refractivity contribution in [2.45, 2.75) is 36.7 Å². The molecule has 0 saturated carbocycles. The third-order valence-electron chi connectivity index (χ3n) is 4.39. The van der Waals surface area contributed by atoms with Crippen molar-refractivity contribution in [1.29, 1.82) is 0 Å². The van der Waals surface area contributed by atoms with E-state index in [0.717, 1.165) is 32.3 Å². The minimum atomic E-state index is -3.66. The first kappa shape index (κ1) is 17.7. The number of hydrogen-bond donors (Lipinski definition) is 1. The maximum absolute atomic E-state index is 12.7. The Hall–Kier alpha value is -1.15. The molecule has 1 N–H and O–H groups in total. The largest absolute Gasteiger partial charge is 0.376 e. The summed E-state index contributed by atoms with van der Waals surface area (Å²) in [5.41, 5.74) is 0.287. The van der Waals surface area contributed by atoms with Crippen LogP contribution in [0.2, 0.25) is 5.02 Å². The monoisotopic (exact) mass is 372 g/mol. The highest BCUT2D eigenvalue weighted by atomic mass is 35.5. The van der Waals surface area contributed by atoms with Crippen LogP contribution < -0.4 is 5.32 Å². The fraction of sp³-hybridized carbons (Fsp3) is 0.562. The number of nitrogens with one attached hydrogen (secondary N) is 1. The van der Waals surface area contributed by atoms with E-state index in [-0.39, 0.29) is 27.5 Å². The van der Waals surface area contributed by atoms with Gasteiger partial charge in [0.2, 0.25) is 10.0 Å². The van der Waals surface area contributed by atoms with E-state index in [2.05, 4.69) is 5.32 Å². The number of nitrogens with zero attached hydrogens (tertiary/aromatic N) is 1. The Balaban J connectivity index is 1.76. The molecule has 0 aliphatic carbocycles. The number of ether oxygens (including phenoxy) is 1. The third-order valence-corrected chi connectivity index (χ3v) is 6.77. The van der Waals surface area contributed by atoms with Gasteiger partial charge in [-0.05, 0) is 43.9 Å². The predicted octanol–water partition coefficient (Wildman–Crippen LogP) is 2.03. The van der Waals surface area contributed by atoms with Crippen LogP contribution in [0.5, 0.6) is 0 Å². The number of carbonyl (C=O) groups excluding carboxylic acids is 1. The minimum absolute atomic E-state index is 0.00386. The molecule has 1 amide bonds. The molecule has 2 fully saturated rings. The molecule has 0 unspecified atom stereocenters. The van der Waals surface area contributed by atoms with Crippen molar-refractivity contribution >= 4 is 27.5 Å². The van der Waals surface area contributed by atoms with Gasteiger partial charge < -0.3 is 10.1 Å². The standard InChI is InChI=1S/C16H21ClN2O4S/c17-14-6-5-12(16(20)18-11-13-4-3-9-23-13)10-15(14)24(21,22)19-7-1-2-8-19/h5-6,10,13H,1-4,7-9,11H2,(H,18,20)/t13-/m1/s1. The fourth-order valence-corrected chi connectivity index (χ4v) is 5.04. The zero-order valence-corrected chi connectivity index (χ0v) is 14.9. The minimum Gasteiger partial charge on any atom is -0.376 e. The molecule has 3 rings (SSSR count). The van der Waals surface area contributed by atoms with E-state index >= 15 is 0 Å². The fourth-order valence-electron chi connectivity index (χ4n) is 3.02. The number of carbonyl (C=O) groups is 1. The molecule has 0 bridgehead atoms. The quantitative estimate of drug-likeness (QED) is 0.858. The number of amides is 1. The lowest BCUT2D eigenvalue weighted by Gasteiger charge is -2.17. The topological polar surface area (TPSA) is 75.7 Å². The van der Waals surface area contributed by atoms with Crippen molar-refractivity contribution in [3.8, 4) is 0 Å². The van der Waals surface area contributed by atoms with Crippen LogP contribution in [0.15, 0.2) is 23.1 Å². The summed E-state index contributed by atoms with van der Waals surface area (Å²) in [5.74, 6) is -0.319. The van der Waals surface area contributed by atoms with E-state index in [4.69, 9.17) is 16.3 Å². The maximum atomic E-state index is 12.7. The van der Waals surface area contributed by atoms with Crippen molar-refractivity contribution in [1.82, 2.24) is 9.62 Å². The highest BCUT2D eigenvalue weighted by molar-refractivity contribution is 7.89. The van der Waals surface area contributed by atoms with E-state index in [1.165, 1.54) is 22.5 Å². The Morgan fingerprint density at radius 2 is 2.04 bits per heavy atom. The molecule has 2 aliphatic heterocycles. The van der Waals surface area contributed by atoms with Crippen LogP contribution in [-0.4, -0.2) is 51.0 Å². The number of sulfonamides is 1. The second-order valence-electron chi connectivity index (χ2n) is 6.10. The molecule has 0 radical (unpaired) electrons. The van der Waals surface area contributed by atoms with E-state index in [1.54, 1.807) is 0 Å². The van der Waals surface area contributed by atoms with Gasteiger partial charge in [0.05, 0.1) is 11.1 Å². The first-order valence-corrected chi connectivity index (χ1v) is 10.00. The zero-order chi connectivity index (χ0) is 17.2. The predicted molar refractivity (Wildman–Crippen MR) is 90.8 cm³/mol. The molecular formula is C16H21ClN2O4S.